The Kier molecular flexibility index (Phi) is 4.26. The van der Waals surface area contributed by atoms with Gasteiger partial charge in [0.15, 0.2) is 5.58 Å². The first-order chi connectivity index (χ1) is 11.8. The molecular weight excluding hydrogens is 324 g/mol. The first-order valence-electron chi connectivity index (χ1n) is 7.61. The number of oxazole rings is 1. The van der Waals surface area contributed by atoms with Gasteiger partial charge in [-0.05, 0) is 32.9 Å². The van der Waals surface area contributed by atoms with Crippen molar-refractivity contribution in [3.8, 4) is 17.2 Å². The maximum Gasteiger partial charge on any atom is 0.414 e. The first kappa shape index (κ1) is 16.7. The molecule has 0 radical (unpaired) electrons. The van der Waals surface area contributed by atoms with Crippen molar-refractivity contribution in [2.24, 2.45) is 0 Å². The molecule has 8 nitrogen and oxygen atoms in total. The van der Waals surface area contributed by atoms with Crippen LogP contribution in [0.15, 0.2) is 35.0 Å². The minimum absolute atomic E-state index is 0.135. The second-order valence-corrected chi connectivity index (χ2v) is 6.27. The van der Waals surface area contributed by atoms with Gasteiger partial charge in [0.2, 0.25) is 11.8 Å². The van der Waals surface area contributed by atoms with Gasteiger partial charge >= 0.3 is 6.09 Å². The summed E-state index contributed by atoms with van der Waals surface area (Å²) >= 11 is 0. The molecule has 1 amide bonds. The van der Waals surface area contributed by atoms with Crippen LogP contribution in [0.2, 0.25) is 0 Å². The van der Waals surface area contributed by atoms with Crippen LogP contribution in [-0.2, 0) is 4.74 Å². The van der Waals surface area contributed by atoms with Crippen LogP contribution in [0.25, 0.3) is 22.6 Å². The Morgan fingerprint density at radius 2 is 1.92 bits per heavy atom. The molecule has 3 rings (SSSR count). The number of amides is 1. The molecule has 0 aliphatic rings. The van der Waals surface area contributed by atoms with Crippen molar-refractivity contribution in [2.45, 2.75) is 26.4 Å². The molecule has 2 heterocycles. The van der Waals surface area contributed by atoms with Crippen molar-refractivity contribution in [2.75, 3.05) is 12.4 Å². The molecule has 0 spiro atoms. The van der Waals surface area contributed by atoms with Crippen molar-refractivity contribution in [1.29, 1.82) is 0 Å². The predicted octanol–water partition coefficient (Wildman–Crippen LogP) is 3.64. The van der Waals surface area contributed by atoms with Gasteiger partial charge in [0.1, 0.15) is 16.9 Å². The number of carbonyl (C=O) groups is 1. The number of nitrogens with zero attached hydrogens (tertiary/aromatic N) is 3. The molecule has 0 bridgehead atoms. The molecule has 1 N–H and O–H groups in total. The quantitative estimate of drug-likeness (QED) is 0.775. The highest BCUT2D eigenvalue weighted by Gasteiger charge is 2.17. The summed E-state index contributed by atoms with van der Waals surface area (Å²) in [7, 11) is 1.59. The lowest BCUT2D eigenvalue weighted by Crippen LogP contribution is -2.27. The normalized spacial score (nSPS) is 11.4. The Labute approximate surface area is 144 Å². The van der Waals surface area contributed by atoms with Crippen molar-refractivity contribution in [3.63, 3.8) is 0 Å². The number of nitrogens with one attached hydrogen (secondary N) is 1. The molecule has 130 valence electrons. The van der Waals surface area contributed by atoms with Crippen molar-refractivity contribution < 1.29 is 18.7 Å². The van der Waals surface area contributed by atoms with Crippen LogP contribution in [0.3, 0.4) is 0 Å². The van der Waals surface area contributed by atoms with E-state index < -0.39 is 11.7 Å². The van der Waals surface area contributed by atoms with E-state index in [1.807, 2.05) is 0 Å². The smallest absolute Gasteiger partial charge is 0.414 e. The SMILES string of the molecule is COc1ccc2nc(-c3cnc(NC(=O)OC(C)(C)C)nc3)oc2c1. The molecule has 8 heteroatoms. The van der Waals surface area contributed by atoms with E-state index in [4.69, 9.17) is 13.9 Å². The fourth-order valence-electron chi connectivity index (χ4n) is 2.05. The fourth-order valence-corrected chi connectivity index (χ4v) is 2.05. The molecule has 2 aromatic heterocycles. The molecule has 0 atom stereocenters. The van der Waals surface area contributed by atoms with E-state index in [-0.39, 0.29) is 5.95 Å². The summed E-state index contributed by atoms with van der Waals surface area (Å²) in [4.78, 5) is 24.3. The van der Waals surface area contributed by atoms with E-state index in [2.05, 4.69) is 20.3 Å². The number of hydrogen-bond acceptors (Lipinski definition) is 7. The number of hydrogen-bond donors (Lipinski definition) is 1. The predicted molar refractivity (Wildman–Crippen MR) is 91.4 cm³/mol. The van der Waals surface area contributed by atoms with E-state index in [0.29, 0.717) is 28.3 Å². The van der Waals surface area contributed by atoms with Gasteiger partial charge in [0.25, 0.3) is 0 Å². The lowest BCUT2D eigenvalue weighted by atomic mass is 10.2. The highest BCUT2D eigenvalue weighted by Crippen LogP contribution is 2.26. The molecule has 25 heavy (non-hydrogen) atoms. The third kappa shape index (κ3) is 4.03. The lowest BCUT2D eigenvalue weighted by molar-refractivity contribution is 0.0634. The van der Waals surface area contributed by atoms with Gasteiger partial charge in [-0.15, -0.1) is 0 Å². The zero-order chi connectivity index (χ0) is 18.0. The molecule has 0 fully saturated rings. The summed E-state index contributed by atoms with van der Waals surface area (Å²) in [5.74, 6) is 1.20. The maximum atomic E-state index is 11.7. The lowest BCUT2D eigenvalue weighted by Gasteiger charge is -2.19. The topological polar surface area (TPSA) is 99.4 Å². The molecule has 1 aromatic carbocycles. The second-order valence-electron chi connectivity index (χ2n) is 6.27. The Morgan fingerprint density at radius 3 is 2.56 bits per heavy atom. The highest BCUT2D eigenvalue weighted by molar-refractivity contribution is 5.82. The van der Waals surface area contributed by atoms with E-state index in [9.17, 15) is 4.79 Å². The largest absolute Gasteiger partial charge is 0.497 e. The van der Waals surface area contributed by atoms with E-state index in [0.717, 1.165) is 0 Å². The third-order valence-electron chi connectivity index (χ3n) is 3.11. The number of rotatable bonds is 3. The van der Waals surface area contributed by atoms with Crippen LogP contribution >= 0.6 is 0 Å². The first-order valence-corrected chi connectivity index (χ1v) is 7.61. The Bertz CT molecular complexity index is 897. The third-order valence-corrected chi connectivity index (χ3v) is 3.11. The van der Waals surface area contributed by atoms with Crippen LogP contribution in [-0.4, -0.2) is 33.8 Å². The summed E-state index contributed by atoms with van der Waals surface area (Å²) in [6.07, 6.45) is 2.41. The fraction of sp³-hybridized carbons (Fsp3) is 0.294. The number of anilines is 1. The van der Waals surface area contributed by atoms with Crippen LogP contribution in [0.4, 0.5) is 10.7 Å². The van der Waals surface area contributed by atoms with Gasteiger partial charge in [0.05, 0.1) is 12.7 Å². The number of aromatic nitrogens is 3. The van der Waals surface area contributed by atoms with Gasteiger partial charge in [-0.2, -0.15) is 0 Å². The number of ether oxygens (including phenoxy) is 2. The van der Waals surface area contributed by atoms with E-state index in [1.54, 1.807) is 46.1 Å². The van der Waals surface area contributed by atoms with Gasteiger partial charge in [-0.3, -0.25) is 5.32 Å². The molecule has 0 saturated heterocycles. The van der Waals surface area contributed by atoms with Crippen molar-refractivity contribution >= 4 is 23.1 Å². The number of carbonyl (C=O) groups excluding carboxylic acids is 1. The average molecular weight is 342 g/mol. The molecule has 0 aliphatic heterocycles. The Hall–Kier alpha value is -3.16. The van der Waals surface area contributed by atoms with E-state index >= 15 is 0 Å². The second kappa shape index (κ2) is 6.39. The summed E-state index contributed by atoms with van der Waals surface area (Å²) in [6, 6.07) is 5.37. The van der Waals surface area contributed by atoms with Gasteiger partial charge in [0, 0.05) is 18.5 Å². The Morgan fingerprint density at radius 1 is 1.20 bits per heavy atom. The van der Waals surface area contributed by atoms with E-state index in [1.165, 1.54) is 12.4 Å². The number of fused-ring (bicyclic) bond motifs is 1. The summed E-state index contributed by atoms with van der Waals surface area (Å²) < 4.78 is 16.0. The van der Waals surface area contributed by atoms with Gasteiger partial charge < -0.3 is 13.9 Å². The van der Waals surface area contributed by atoms with Gasteiger partial charge in [-0.1, -0.05) is 0 Å². The van der Waals surface area contributed by atoms with Gasteiger partial charge in [-0.25, -0.2) is 19.7 Å². The zero-order valence-corrected chi connectivity index (χ0v) is 14.4. The molecule has 0 aliphatic carbocycles. The highest BCUT2D eigenvalue weighted by atomic mass is 16.6. The summed E-state index contributed by atoms with van der Waals surface area (Å²) in [5.41, 5.74) is 1.30. The Balaban J connectivity index is 1.77. The summed E-state index contributed by atoms with van der Waals surface area (Å²) in [5, 5.41) is 2.47. The van der Waals surface area contributed by atoms with Crippen LogP contribution < -0.4 is 10.1 Å². The van der Waals surface area contributed by atoms with Crippen molar-refractivity contribution in [1.82, 2.24) is 15.0 Å². The standard InChI is InChI=1S/C17H18N4O4/c1-17(2,3)25-16(22)21-15-18-8-10(9-19-15)14-20-12-6-5-11(23-4)7-13(12)24-14/h5-9H,1-4H3,(H,18,19,21,22). The molecule has 0 saturated carbocycles. The molecular formula is C17H18N4O4. The number of benzene rings is 1. The average Bonchev–Trinajstić information content (AvgIpc) is 2.96. The van der Waals surface area contributed by atoms with Crippen LogP contribution in [0.1, 0.15) is 20.8 Å². The summed E-state index contributed by atoms with van der Waals surface area (Å²) in [6.45, 7) is 5.33. The van der Waals surface area contributed by atoms with Crippen LogP contribution in [0, 0.1) is 0 Å². The molecule has 3 aromatic rings. The monoisotopic (exact) mass is 342 g/mol. The minimum atomic E-state index is -0.616. The maximum absolute atomic E-state index is 11.7. The minimum Gasteiger partial charge on any atom is -0.497 e. The molecule has 0 unspecified atom stereocenters. The van der Waals surface area contributed by atoms with Crippen molar-refractivity contribution in [3.05, 3.63) is 30.6 Å². The number of methoxy groups -OCH3 is 1. The zero-order valence-electron chi connectivity index (χ0n) is 14.4. The van der Waals surface area contributed by atoms with Crippen LogP contribution in [0.5, 0.6) is 5.75 Å².